The molecule has 3 aromatic rings. The van der Waals surface area contributed by atoms with Crippen LogP contribution in [0.15, 0.2) is 58.7 Å². The summed E-state index contributed by atoms with van der Waals surface area (Å²) in [5.74, 6) is 0. The average Bonchev–Trinajstić information content (AvgIpc) is 2.88. The van der Waals surface area contributed by atoms with Gasteiger partial charge in [-0.15, -0.1) is 17.0 Å². The van der Waals surface area contributed by atoms with Crippen molar-refractivity contribution >= 4 is 34.2 Å². The molecule has 0 fully saturated rings. The zero-order chi connectivity index (χ0) is 18.0. The Hall–Kier alpha value is -2.48. The van der Waals surface area contributed by atoms with Gasteiger partial charge in [0, 0.05) is 5.70 Å². The van der Waals surface area contributed by atoms with E-state index in [-0.39, 0.29) is 16.6 Å². The highest BCUT2D eigenvalue weighted by Crippen LogP contribution is 2.20. The number of nitrogens with zero attached hydrogens (tertiary/aromatic N) is 3. The van der Waals surface area contributed by atoms with Gasteiger partial charge in [-0.2, -0.15) is 0 Å². The van der Waals surface area contributed by atoms with Crippen LogP contribution >= 0.6 is 11.8 Å². The minimum atomic E-state index is -0.0981. The molecule has 0 aliphatic carbocycles. The molecule has 0 unspecified atom stereocenters. The van der Waals surface area contributed by atoms with Crippen LogP contribution in [-0.2, 0) is 6.54 Å². The Morgan fingerprint density at radius 2 is 1.76 bits per heavy atom. The number of hydrogen-bond donors (Lipinski definition) is 2. The first kappa shape index (κ1) is 17.3. The highest BCUT2D eigenvalue weighted by molar-refractivity contribution is 8.01. The largest absolute Gasteiger partial charge is 0.333 e. The summed E-state index contributed by atoms with van der Waals surface area (Å²) in [5.41, 5.74) is 3.65. The van der Waals surface area contributed by atoms with E-state index in [1.54, 1.807) is 45.2 Å². The fraction of sp³-hybridized carbons (Fsp3) is 0.167. The van der Waals surface area contributed by atoms with Crippen molar-refractivity contribution in [3.63, 3.8) is 0 Å². The van der Waals surface area contributed by atoms with E-state index in [1.165, 1.54) is 0 Å². The van der Waals surface area contributed by atoms with E-state index in [0.29, 0.717) is 6.54 Å². The number of rotatable bonds is 5. The second-order valence-corrected chi connectivity index (χ2v) is 6.35. The number of allylic oxidation sites excluding steroid dienone is 1. The van der Waals surface area contributed by atoms with E-state index in [2.05, 4.69) is 0 Å². The SMILES string of the molecule is CSC=C(C)n1c(=O)n(Cc2ccc(N(O)O)cc2)c2ccccc21. The lowest BCUT2D eigenvalue weighted by Crippen LogP contribution is -2.23. The van der Waals surface area contributed by atoms with Crippen LogP contribution in [0.5, 0.6) is 0 Å². The summed E-state index contributed by atoms with van der Waals surface area (Å²) >= 11 is 1.56. The van der Waals surface area contributed by atoms with Crippen molar-refractivity contribution in [2.45, 2.75) is 13.5 Å². The van der Waals surface area contributed by atoms with Gasteiger partial charge in [0.25, 0.3) is 0 Å². The summed E-state index contributed by atoms with van der Waals surface area (Å²) in [6.45, 7) is 2.32. The van der Waals surface area contributed by atoms with Crippen LogP contribution in [0.25, 0.3) is 16.7 Å². The predicted molar refractivity (Wildman–Crippen MR) is 101 cm³/mol. The molecule has 0 saturated heterocycles. The summed E-state index contributed by atoms with van der Waals surface area (Å²) in [6.07, 6.45) is 1.96. The minimum Gasteiger partial charge on any atom is -0.287 e. The third-order valence-electron chi connectivity index (χ3n) is 3.98. The summed E-state index contributed by atoms with van der Waals surface area (Å²) < 4.78 is 3.43. The lowest BCUT2D eigenvalue weighted by atomic mass is 10.2. The highest BCUT2D eigenvalue weighted by Gasteiger charge is 2.14. The second kappa shape index (κ2) is 7.18. The summed E-state index contributed by atoms with van der Waals surface area (Å²) in [6, 6.07) is 14.4. The number of thioether (sulfide) groups is 1. The Balaban J connectivity index is 2.09. The van der Waals surface area contributed by atoms with Crippen LogP contribution < -0.4 is 10.9 Å². The number of aromatic nitrogens is 2. The number of anilines is 1. The molecule has 0 aliphatic rings. The number of fused-ring (bicyclic) bond motifs is 1. The van der Waals surface area contributed by atoms with Crippen molar-refractivity contribution in [2.24, 2.45) is 0 Å². The molecule has 0 saturated carbocycles. The average molecular weight is 357 g/mol. The molecule has 1 aromatic heterocycles. The molecule has 0 aliphatic heterocycles. The van der Waals surface area contributed by atoms with E-state index in [0.717, 1.165) is 22.3 Å². The molecule has 0 radical (unpaired) electrons. The molecule has 2 aromatic carbocycles. The topological polar surface area (TPSA) is 70.6 Å². The Morgan fingerprint density at radius 3 is 2.36 bits per heavy atom. The normalized spacial score (nSPS) is 11.9. The standard InChI is InChI=1S/C18H19N3O3S/c1-13(12-25-2)20-17-6-4-3-5-16(17)19(18(20)22)11-14-7-9-15(10-8-14)21(23)24/h3-10,12,23-24H,11H2,1-2H3. The maximum Gasteiger partial charge on any atom is 0.333 e. The van der Waals surface area contributed by atoms with E-state index >= 15 is 0 Å². The quantitative estimate of drug-likeness (QED) is 0.683. The molecule has 2 N–H and O–H groups in total. The Morgan fingerprint density at radius 1 is 1.12 bits per heavy atom. The molecule has 0 atom stereocenters. The van der Waals surface area contributed by atoms with Crippen molar-refractivity contribution in [3.05, 3.63) is 70.0 Å². The van der Waals surface area contributed by atoms with E-state index in [4.69, 9.17) is 10.4 Å². The monoisotopic (exact) mass is 357 g/mol. The van der Waals surface area contributed by atoms with Crippen molar-refractivity contribution in [2.75, 3.05) is 11.5 Å². The lowest BCUT2D eigenvalue weighted by molar-refractivity contribution is 0.0291. The molecule has 3 rings (SSSR count). The van der Waals surface area contributed by atoms with Gasteiger partial charge in [-0.05, 0) is 48.4 Å². The van der Waals surface area contributed by atoms with Crippen molar-refractivity contribution in [3.8, 4) is 0 Å². The summed E-state index contributed by atoms with van der Waals surface area (Å²) in [7, 11) is 0. The first-order valence-corrected chi connectivity index (χ1v) is 8.98. The van der Waals surface area contributed by atoms with Crippen LogP contribution in [0.4, 0.5) is 5.69 Å². The third kappa shape index (κ3) is 3.34. The zero-order valence-corrected chi connectivity index (χ0v) is 14.8. The Labute approximate surface area is 149 Å². The van der Waals surface area contributed by atoms with Gasteiger partial charge in [0.2, 0.25) is 0 Å². The van der Waals surface area contributed by atoms with Gasteiger partial charge in [0.15, 0.2) is 0 Å². The lowest BCUT2D eigenvalue weighted by Gasteiger charge is -2.09. The van der Waals surface area contributed by atoms with Crippen LogP contribution in [0.3, 0.4) is 0 Å². The Kier molecular flexibility index (Phi) is 4.98. The van der Waals surface area contributed by atoms with Gasteiger partial charge in [-0.3, -0.25) is 19.5 Å². The molecular formula is C18H19N3O3S. The minimum absolute atomic E-state index is 0.0678. The molecule has 130 valence electrons. The number of benzene rings is 2. The van der Waals surface area contributed by atoms with E-state index < -0.39 is 0 Å². The van der Waals surface area contributed by atoms with Crippen LogP contribution in [-0.4, -0.2) is 25.8 Å². The number of hydrogen-bond acceptors (Lipinski definition) is 5. The van der Waals surface area contributed by atoms with Crippen molar-refractivity contribution < 1.29 is 10.4 Å². The van der Waals surface area contributed by atoms with Gasteiger partial charge in [0.05, 0.1) is 23.3 Å². The van der Waals surface area contributed by atoms with Crippen molar-refractivity contribution in [1.29, 1.82) is 0 Å². The second-order valence-electron chi connectivity index (χ2n) is 5.64. The molecule has 1 heterocycles. The Bertz CT molecular complexity index is 971. The van der Waals surface area contributed by atoms with Crippen molar-refractivity contribution in [1.82, 2.24) is 9.13 Å². The first-order valence-electron chi connectivity index (χ1n) is 7.70. The number of para-hydroxylation sites is 2. The maximum atomic E-state index is 13.0. The summed E-state index contributed by atoms with van der Waals surface area (Å²) in [5, 5.41) is 20.1. The van der Waals surface area contributed by atoms with Crippen LogP contribution in [0, 0.1) is 0 Å². The molecule has 0 spiro atoms. The molecule has 6 nitrogen and oxygen atoms in total. The van der Waals surface area contributed by atoms with Gasteiger partial charge in [-0.1, -0.05) is 24.3 Å². The van der Waals surface area contributed by atoms with Crippen LogP contribution in [0.1, 0.15) is 12.5 Å². The molecule has 7 heteroatoms. The van der Waals surface area contributed by atoms with Gasteiger partial charge in [-0.25, -0.2) is 4.79 Å². The molecule has 25 heavy (non-hydrogen) atoms. The van der Waals surface area contributed by atoms with Gasteiger partial charge >= 0.3 is 5.69 Å². The van der Waals surface area contributed by atoms with E-state index in [1.807, 2.05) is 42.9 Å². The smallest absolute Gasteiger partial charge is 0.287 e. The zero-order valence-electron chi connectivity index (χ0n) is 14.0. The summed E-state index contributed by atoms with van der Waals surface area (Å²) in [4.78, 5) is 13.0. The molecular weight excluding hydrogens is 338 g/mol. The number of imidazole rings is 1. The first-order chi connectivity index (χ1) is 12.0. The van der Waals surface area contributed by atoms with E-state index in [9.17, 15) is 4.79 Å². The van der Waals surface area contributed by atoms with Crippen LogP contribution in [0.2, 0.25) is 0 Å². The highest BCUT2D eigenvalue weighted by atomic mass is 32.2. The fourth-order valence-corrected chi connectivity index (χ4v) is 3.29. The predicted octanol–water partition coefficient (Wildman–Crippen LogP) is 3.62. The fourth-order valence-electron chi connectivity index (χ4n) is 2.84. The maximum absolute atomic E-state index is 13.0. The molecule has 0 amide bonds. The molecule has 0 bridgehead atoms. The van der Waals surface area contributed by atoms with Gasteiger partial charge in [0.1, 0.15) is 0 Å². The third-order valence-corrected chi connectivity index (χ3v) is 4.56. The van der Waals surface area contributed by atoms with Gasteiger partial charge < -0.3 is 0 Å².